The lowest BCUT2D eigenvalue weighted by Crippen LogP contribution is -2.01. The van der Waals surface area contributed by atoms with Gasteiger partial charge in [-0.1, -0.05) is 97.1 Å². The molecule has 1 aliphatic rings. The highest BCUT2D eigenvalue weighted by Crippen LogP contribution is 2.49. The summed E-state index contributed by atoms with van der Waals surface area (Å²) in [6, 6.07) is 34.1. The first-order valence-corrected chi connectivity index (χ1v) is 9.31. The van der Waals surface area contributed by atoms with E-state index in [0.717, 1.165) is 11.1 Å². The summed E-state index contributed by atoms with van der Waals surface area (Å²) in [7, 11) is 0. The highest BCUT2D eigenvalue weighted by Gasteiger charge is 2.30. The molecule has 129 valence electrons. The third-order valence-electron chi connectivity index (χ3n) is 5.54. The van der Waals surface area contributed by atoms with Crippen LogP contribution >= 0.6 is 0 Å². The van der Waals surface area contributed by atoms with E-state index in [-0.39, 0.29) is 12.5 Å². The van der Waals surface area contributed by atoms with E-state index >= 15 is 0 Å². The molecule has 4 aromatic rings. The maximum atomic E-state index is 11.1. The summed E-state index contributed by atoms with van der Waals surface area (Å²) >= 11 is 0. The van der Waals surface area contributed by atoms with Crippen LogP contribution in [0.25, 0.3) is 22.3 Å². The Morgan fingerprint density at radius 2 is 0.963 bits per heavy atom. The third-order valence-corrected chi connectivity index (χ3v) is 5.54. The lowest BCUT2D eigenvalue weighted by atomic mass is 9.84. The smallest absolute Gasteiger partial charge is 0.107 e. The second-order valence-corrected chi connectivity index (χ2v) is 7.04. The van der Waals surface area contributed by atoms with E-state index in [4.69, 9.17) is 0 Å². The maximum absolute atomic E-state index is 11.1. The summed E-state index contributed by atoms with van der Waals surface area (Å²) in [5.74, 6) is 0.229. The van der Waals surface area contributed by atoms with Gasteiger partial charge in [-0.25, -0.2) is 5.11 Å². The molecular formula is C26H19O. The van der Waals surface area contributed by atoms with Crippen LogP contribution < -0.4 is 0 Å². The predicted octanol–water partition coefficient (Wildman–Crippen LogP) is 6.44. The molecule has 0 aromatic heterocycles. The fraction of sp³-hybridized carbons (Fsp3) is 0.0769. The van der Waals surface area contributed by atoms with Gasteiger partial charge in [-0.15, -0.1) is 0 Å². The van der Waals surface area contributed by atoms with Gasteiger partial charge in [0.1, 0.15) is 6.61 Å². The first kappa shape index (κ1) is 16.0. The Balaban J connectivity index is 1.72. The highest BCUT2D eigenvalue weighted by atomic mass is 16.3. The van der Waals surface area contributed by atoms with Crippen molar-refractivity contribution < 1.29 is 5.11 Å². The molecule has 0 saturated carbocycles. The molecule has 0 fully saturated rings. The van der Waals surface area contributed by atoms with Crippen molar-refractivity contribution in [2.24, 2.45) is 0 Å². The molecule has 0 amide bonds. The Bertz CT molecular complexity index is 1060. The average Bonchev–Trinajstić information content (AvgIpc) is 3.08. The van der Waals surface area contributed by atoms with Gasteiger partial charge >= 0.3 is 0 Å². The topological polar surface area (TPSA) is 19.9 Å². The zero-order valence-electron chi connectivity index (χ0n) is 14.9. The van der Waals surface area contributed by atoms with Gasteiger partial charge in [0.25, 0.3) is 0 Å². The molecule has 1 radical (unpaired) electrons. The molecule has 0 bridgehead atoms. The van der Waals surface area contributed by atoms with Crippen molar-refractivity contribution in [3.05, 3.63) is 119 Å². The molecule has 4 aromatic carbocycles. The molecule has 0 spiro atoms. The minimum atomic E-state index is -0.175. The van der Waals surface area contributed by atoms with Gasteiger partial charge in [0.2, 0.25) is 0 Å². The van der Waals surface area contributed by atoms with Gasteiger partial charge in [0, 0.05) is 5.92 Å². The first-order valence-electron chi connectivity index (χ1n) is 9.31. The second kappa shape index (κ2) is 6.53. The fourth-order valence-corrected chi connectivity index (χ4v) is 4.28. The van der Waals surface area contributed by atoms with Crippen molar-refractivity contribution in [1.82, 2.24) is 0 Å². The molecule has 0 aliphatic heterocycles. The van der Waals surface area contributed by atoms with Crippen LogP contribution in [-0.4, -0.2) is 0 Å². The van der Waals surface area contributed by atoms with Crippen molar-refractivity contribution in [1.29, 1.82) is 0 Å². The van der Waals surface area contributed by atoms with Gasteiger partial charge in [0.05, 0.1) is 0 Å². The summed E-state index contributed by atoms with van der Waals surface area (Å²) in [4.78, 5) is 0. The van der Waals surface area contributed by atoms with Gasteiger partial charge < -0.3 is 0 Å². The molecular weight excluding hydrogens is 328 g/mol. The molecule has 1 nitrogen and oxygen atoms in total. The van der Waals surface area contributed by atoms with Gasteiger partial charge in [-0.3, -0.25) is 0 Å². The Morgan fingerprint density at radius 1 is 0.519 bits per heavy atom. The third kappa shape index (κ3) is 2.59. The molecule has 27 heavy (non-hydrogen) atoms. The molecule has 1 aliphatic carbocycles. The Morgan fingerprint density at radius 3 is 1.48 bits per heavy atom. The molecule has 0 N–H and O–H groups in total. The highest BCUT2D eigenvalue weighted by molar-refractivity contribution is 5.83. The lowest BCUT2D eigenvalue weighted by molar-refractivity contribution is 0.177. The van der Waals surface area contributed by atoms with Crippen molar-refractivity contribution in [2.75, 3.05) is 0 Å². The molecule has 0 heterocycles. The standard InChI is InChI=1S/C26H19O/c27-17-18-13-15-19(16-14-18)20-7-1-4-10-23(20)26-24-11-5-2-8-21(24)22-9-3-6-12-25(22)26/h1-16,26H,17H2. The zero-order chi connectivity index (χ0) is 18.2. The van der Waals surface area contributed by atoms with Crippen molar-refractivity contribution in [3.63, 3.8) is 0 Å². The minimum Gasteiger partial charge on any atom is -0.232 e. The Labute approximate surface area is 159 Å². The quantitative estimate of drug-likeness (QED) is 0.358. The number of fused-ring (bicyclic) bond motifs is 3. The van der Waals surface area contributed by atoms with Crippen LogP contribution in [0.15, 0.2) is 97.1 Å². The lowest BCUT2D eigenvalue weighted by Gasteiger charge is -2.19. The van der Waals surface area contributed by atoms with Crippen molar-refractivity contribution >= 4 is 0 Å². The molecule has 0 atom stereocenters. The monoisotopic (exact) mass is 347 g/mol. The molecule has 5 rings (SSSR count). The zero-order valence-corrected chi connectivity index (χ0v) is 14.9. The summed E-state index contributed by atoms with van der Waals surface area (Å²) in [5.41, 5.74) is 9.91. The minimum absolute atomic E-state index is 0.175. The summed E-state index contributed by atoms with van der Waals surface area (Å²) in [5, 5.41) is 11.1. The SMILES string of the molecule is [O]Cc1ccc(-c2ccccc2C2c3ccccc3-c3ccccc32)cc1. The van der Waals surface area contributed by atoms with Crippen LogP contribution in [0, 0.1) is 0 Å². The van der Waals surface area contributed by atoms with Crippen LogP contribution in [0.1, 0.15) is 28.2 Å². The molecule has 1 heteroatoms. The average molecular weight is 347 g/mol. The van der Waals surface area contributed by atoms with E-state index in [1.54, 1.807) is 0 Å². The predicted molar refractivity (Wildman–Crippen MR) is 109 cm³/mol. The van der Waals surface area contributed by atoms with Crippen LogP contribution in [0.3, 0.4) is 0 Å². The van der Waals surface area contributed by atoms with Crippen LogP contribution in [-0.2, 0) is 11.7 Å². The summed E-state index contributed by atoms with van der Waals surface area (Å²) < 4.78 is 0. The van der Waals surface area contributed by atoms with Crippen LogP contribution in [0.5, 0.6) is 0 Å². The summed E-state index contributed by atoms with van der Waals surface area (Å²) in [6.45, 7) is -0.175. The van der Waals surface area contributed by atoms with Crippen LogP contribution in [0.4, 0.5) is 0 Å². The van der Waals surface area contributed by atoms with E-state index in [1.807, 2.05) is 12.1 Å². The van der Waals surface area contributed by atoms with E-state index in [0.29, 0.717) is 0 Å². The van der Waals surface area contributed by atoms with Crippen molar-refractivity contribution in [2.45, 2.75) is 12.5 Å². The van der Waals surface area contributed by atoms with E-state index in [2.05, 4.69) is 84.9 Å². The number of hydrogen-bond acceptors (Lipinski definition) is 0. The Hall–Kier alpha value is -3.16. The second-order valence-electron chi connectivity index (χ2n) is 7.04. The van der Waals surface area contributed by atoms with Crippen LogP contribution in [0.2, 0.25) is 0 Å². The largest absolute Gasteiger partial charge is 0.232 e. The number of benzene rings is 4. The van der Waals surface area contributed by atoms with E-state index < -0.39 is 0 Å². The van der Waals surface area contributed by atoms with Gasteiger partial charge in [0.15, 0.2) is 0 Å². The van der Waals surface area contributed by atoms with Gasteiger partial charge in [-0.05, 0) is 44.5 Å². The maximum Gasteiger partial charge on any atom is 0.107 e. The normalized spacial score (nSPS) is 12.6. The molecule has 0 saturated heterocycles. The van der Waals surface area contributed by atoms with Crippen molar-refractivity contribution in [3.8, 4) is 22.3 Å². The number of hydrogen-bond donors (Lipinski definition) is 0. The fourth-order valence-electron chi connectivity index (χ4n) is 4.28. The molecule has 0 unspecified atom stereocenters. The first-order chi connectivity index (χ1) is 13.4. The van der Waals surface area contributed by atoms with Gasteiger partial charge in [-0.2, -0.15) is 0 Å². The Kier molecular flexibility index (Phi) is 3.88. The van der Waals surface area contributed by atoms with E-state index in [1.165, 1.54) is 33.4 Å². The summed E-state index contributed by atoms with van der Waals surface area (Å²) in [6.07, 6.45) is 0. The number of rotatable bonds is 3. The van der Waals surface area contributed by atoms with E-state index in [9.17, 15) is 5.11 Å².